The molecule has 0 saturated carbocycles. The van der Waals surface area contributed by atoms with Crippen LogP contribution < -0.4 is 14.4 Å². The average Bonchev–Trinajstić information content (AvgIpc) is 3.38. The molecule has 36 heavy (non-hydrogen) atoms. The summed E-state index contributed by atoms with van der Waals surface area (Å²) >= 11 is 0. The smallest absolute Gasteiger partial charge is 0.257 e. The third-order valence-electron chi connectivity index (χ3n) is 6.56. The summed E-state index contributed by atoms with van der Waals surface area (Å²) < 4.78 is 12.7. The Balaban J connectivity index is 1.46. The maximum absolute atomic E-state index is 13.8. The van der Waals surface area contributed by atoms with E-state index in [0.717, 1.165) is 24.3 Å². The number of rotatable bonds is 6. The summed E-state index contributed by atoms with van der Waals surface area (Å²) in [5.74, 6) is 1.20. The van der Waals surface area contributed by atoms with E-state index in [9.17, 15) is 4.79 Å². The van der Waals surface area contributed by atoms with E-state index >= 15 is 0 Å². The van der Waals surface area contributed by atoms with Crippen LogP contribution in [0.5, 0.6) is 11.5 Å². The molecule has 7 heteroatoms. The molecule has 0 atom stereocenters. The lowest BCUT2D eigenvalue weighted by Gasteiger charge is -2.36. The van der Waals surface area contributed by atoms with E-state index in [0.29, 0.717) is 35.8 Å². The number of aromatic nitrogens is 2. The van der Waals surface area contributed by atoms with Crippen molar-refractivity contribution >= 4 is 11.6 Å². The van der Waals surface area contributed by atoms with Crippen LogP contribution in [0.1, 0.15) is 15.9 Å². The summed E-state index contributed by atoms with van der Waals surface area (Å²) in [5.41, 5.74) is 5.30. The van der Waals surface area contributed by atoms with E-state index in [1.807, 2.05) is 59.6 Å². The second-order valence-corrected chi connectivity index (χ2v) is 8.86. The summed E-state index contributed by atoms with van der Waals surface area (Å²) in [6.07, 6.45) is 1.83. The predicted molar refractivity (Wildman–Crippen MR) is 141 cm³/mol. The topological polar surface area (TPSA) is 59.8 Å². The summed E-state index contributed by atoms with van der Waals surface area (Å²) in [6, 6.07) is 23.9. The molecule has 1 aliphatic heterocycles. The molecule has 0 N–H and O–H groups in total. The van der Waals surface area contributed by atoms with E-state index in [2.05, 4.69) is 36.1 Å². The fraction of sp³-hybridized carbons (Fsp3) is 0.241. The summed E-state index contributed by atoms with van der Waals surface area (Å²) in [5, 5.41) is 4.83. The van der Waals surface area contributed by atoms with Crippen molar-refractivity contribution in [2.45, 2.75) is 6.92 Å². The molecule has 0 bridgehead atoms. The van der Waals surface area contributed by atoms with Gasteiger partial charge < -0.3 is 19.3 Å². The minimum Gasteiger partial charge on any atom is -0.493 e. The molecule has 1 aromatic heterocycles. The second kappa shape index (κ2) is 10.2. The molecule has 0 unspecified atom stereocenters. The molecule has 184 valence electrons. The Hall–Kier alpha value is -4.26. The first-order valence-corrected chi connectivity index (χ1v) is 12.1. The van der Waals surface area contributed by atoms with Crippen molar-refractivity contribution in [2.24, 2.45) is 0 Å². The lowest BCUT2D eigenvalue weighted by Crippen LogP contribution is -2.48. The first-order chi connectivity index (χ1) is 17.6. The molecule has 3 aromatic carbocycles. The SMILES string of the molecule is COc1ccc(-c2nn(-c3ccccc3)cc2C(=O)N2CCN(c3cccc(C)c3)CC2)cc1OC. The van der Waals surface area contributed by atoms with Gasteiger partial charge in [0.1, 0.15) is 5.69 Å². The third kappa shape index (κ3) is 4.64. The van der Waals surface area contributed by atoms with Crippen molar-refractivity contribution < 1.29 is 14.3 Å². The number of ether oxygens (including phenoxy) is 2. The Morgan fingerprint density at radius 2 is 1.53 bits per heavy atom. The van der Waals surface area contributed by atoms with Crippen molar-refractivity contribution in [3.8, 4) is 28.4 Å². The highest BCUT2D eigenvalue weighted by Crippen LogP contribution is 2.34. The van der Waals surface area contributed by atoms with E-state index in [-0.39, 0.29) is 5.91 Å². The van der Waals surface area contributed by atoms with Crippen LogP contribution in [0, 0.1) is 6.92 Å². The predicted octanol–water partition coefficient (Wildman–Crippen LogP) is 4.83. The lowest BCUT2D eigenvalue weighted by molar-refractivity contribution is 0.0747. The number of amides is 1. The average molecular weight is 483 g/mol. The first kappa shape index (κ1) is 23.5. The minimum absolute atomic E-state index is 0.0224. The molecule has 7 nitrogen and oxygen atoms in total. The number of piperazine rings is 1. The Morgan fingerprint density at radius 1 is 0.806 bits per heavy atom. The van der Waals surface area contributed by atoms with Crippen LogP contribution in [0.4, 0.5) is 5.69 Å². The molecule has 5 rings (SSSR count). The van der Waals surface area contributed by atoms with Crippen LogP contribution in [0.15, 0.2) is 79.0 Å². The number of para-hydroxylation sites is 1. The lowest BCUT2D eigenvalue weighted by atomic mass is 10.1. The van der Waals surface area contributed by atoms with Crippen LogP contribution >= 0.6 is 0 Å². The van der Waals surface area contributed by atoms with Gasteiger partial charge in [-0.2, -0.15) is 5.10 Å². The molecule has 0 spiro atoms. The van der Waals surface area contributed by atoms with Crippen LogP contribution in [-0.2, 0) is 0 Å². The molecule has 2 heterocycles. The van der Waals surface area contributed by atoms with Gasteiger partial charge >= 0.3 is 0 Å². The van der Waals surface area contributed by atoms with Crippen molar-refractivity contribution in [1.82, 2.24) is 14.7 Å². The van der Waals surface area contributed by atoms with E-state index in [1.165, 1.54) is 11.3 Å². The summed E-state index contributed by atoms with van der Waals surface area (Å²) in [4.78, 5) is 18.1. The van der Waals surface area contributed by atoms with Crippen molar-refractivity contribution in [2.75, 3.05) is 45.3 Å². The fourth-order valence-corrected chi connectivity index (χ4v) is 4.60. The Kier molecular flexibility index (Phi) is 6.62. The maximum Gasteiger partial charge on any atom is 0.257 e. The standard InChI is InChI=1S/C29H30N4O3/c1-21-8-7-11-24(18-21)31-14-16-32(17-15-31)29(34)25-20-33(23-9-5-4-6-10-23)30-28(25)22-12-13-26(35-2)27(19-22)36-3/h4-13,18-20H,14-17H2,1-3H3. The Morgan fingerprint density at radius 3 is 2.22 bits per heavy atom. The van der Waals surface area contributed by atoms with Crippen molar-refractivity contribution in [1.29, 1.82) is 0 Å². The van der Waals surface area contributed by atoms with E-state index in [1.54, 1.807) is 18.9 Å². The monoisotopic (exact) mass is 482 g/mol. The third-order valence-corrected chi connectivity index (χ3v) is 6.56. The molecule has 1 amide bonds. The first-order valence-electron chi connectivity index (χ1n) is 12.1. The maximum atomic E-state index is 13.8. The van der Waals surface area contributed by atoms with E-state index < -0.39 is 0 Å². The molecular weight excluding hydrogens is 452 g/mol. The molecule has 1 fully saturated rings. The minimum atomic E-state index is -0.0224. The highest BCUT2D eigenvalue weighted by atomic mass is 16.5. The van der Waals surface area contributed by atoms with Crippen molar-refractivity contribution in [3.63, 3.8) is 0 Å². The zero-order chi connectivity index (χ0) is 25.1. The number of hydrogen-bond donors (Lipinski definition) is 0. The normalized spacial score (nSPS) is 13.5. The van der Waals surface area contributed by atoms with Gasteiger partial charge in [0, 0.05) is 43.6 Å². The van der Waals surface area contributed by atoms with Gasteiger partial charge in [0.25, 0.3) is 5.91 Å². The molecule has 0 radical (unpaired) electrons. The second-order valence-electron chi connectivity index (χ2n) is 8.86. The zero-order valence-corrected chi connectivity index (χ0v) is 20.8. The van der Waals surface area contributed by atoms with Crippen LogP contribution in [0.2, 0.25) is 0 Å². The van der Waals surface area contributed by atoms with Crippen molar-refractivity contribution in [3.05, 3.63) is 90.1 Å². The van der Waals surface area contributed by atoms with Gasteiger partial charge in [-0.15, -0.1) is 0 Å². The quantitative estimate of drug-likeness (QED) is 0.394. The molecule has 1 aliphatic rings. The fourth-order valence-electron chi connectivity index (χ4n) is 4.60. The highest BCUT2D eigenvalue weighted by molar-refractivity contribution is 6.00. The van der Waals surface area contributed by atoms with Gasteiger partial charge in [0.05, 0.1) is 25.5 Å². The van der Waals surface area contributed by atoms with Crippen LogP contribution in [0.3, 0.4) is 0 Å². The number of methoxy groups -OCH3 is 2. The number of carbonyl (C=O) groups excluding carboxylic acids is 1. The van der Waals surface area contributed by atoms with Gasteiger partial charge in [-0.3, -0.25) is 4.79 Å². The van der Waals surface area contributed by atoms with E-state index in [4.69, 9.17) is 14.6 Å². The Bertz CT molecular complexity index is 1360. The molecule has 4 aromatic rings. The number of benzene rings is 3. The number of nitrogens with zero attached hydrogens (tertiary/aromatic N) is 4. The number of carbonyl (C=O) groups is 1. The number of hydrogen-bond acceptors (Lipinski definition) is 5. The highest BCUT2D eigenvalue weighted by Gasteiger charge is 2.27. The van der Waals surface area contributed by atoms with Gasteiger partial charge in [-0.1, -0.05) is 30.3 Å². The Labute approximate surface area is 211 Å². The molecule has 1 saturated heterocycles. The molecular formula is C29H30N4O3. The molecule has 0 aliphatic carbocycles. The van der Waals surface area contributed by atoms with Crippen LogP contribution in [-0.4, -0.2) is 61.0 Å². The van der Waals surface area contributed by atoms with Gasteiger partial charge in [0.15, 0.2) is 11.5 Å². The zero-order valence-electron chi connectivity index (χ0n) is 20.8. The summed E-state index contributed by atoms with van der Waals surface area (Å²) in [6.45, 7) is 4.97. The number of aryl methyl sites for hydroxylation is 1. The largest absolute Gasteiger partial charge is 0.493 e. The summed E-state index contributed by atoms with van der Waals surface area (Å²) in [7, 11) is 3.21. The van der Waals surface area contributed by atoms with Gasteiger partial charge in [-0.25, -0.2) is 4.68 Å². The van der Waals surface area contributed by atoms with Gasteiger partial charge in [-0.05, 0) is 55.0 Å². The van der Waals surface area contributed by atoms with Crippen LogP contribution in [0.25, 0.3) is 16.9 Å². The number of anilines is 1. The van der Waals surface area contributed by atoms with Gasteiger partial charge in [0.2, 0.25) is 0 Å².